The number of carbonyl (C=O) groups excluding carboxylic acids is 1. The average Bonchev–Trinajstić information content (AvgIpc) is 2.69. The molecule has 3 aromatic rings. The molecule has 1 N–H and O–H groups in total. The van der Waals surface area contributed by atoms with Gasteiger partial charge in [-0.3, -0.25) is 4.79 Å². The molecule has 1 atom stereocenters. The van der Waals surface area contributed by atoms with Gasteiger partial charge in [0.2, 0.25) is 5.91 Å². The van der Waals surface area contributed by atoms with E-state index in [4.69, 9.17) is 4.74 Å². The van der Waals surface area contributed by atoms with Crippen LogP contribution in [0.5, 0.6) is 5.75 Å². The minimum absolute atomic E-state index is 0.274. The maximum Gasteiger partial charge on any atom is 0.242 e. The van der Waals surface area contributed by atoms with E-state index in [1.165, 1.54) is 6.07 Å². The van der Waals surface area contributed by atoms with Crippen LogP contribution in [-0.4, -0.2) is 13.0 Å². The molecule has 27 heavy (non-hydrogen) atoms. The Hall–Kier alpha value is -2.86. The monoisotopic (exact) mass is 385 g/mol. The van der Waals surface area contributed by atoms with Gasteiger partial charge in [-0.2, -0.15) is 0 Å². The number of methoxy groups -OCH3 is 1. The summed E-state index contributed by atoms with van der Waals surface area (Å²) in [5.74, 6) is -1.52. The number of anilines is 1. The van der Waals surface area contributed by atoms with E-state index in [1.807, 2.05) is 30.3 Å². The van der Waals surface area contributed by atoms with Crippen LogP contribution in [0.4, 0.5) is 14.5 Å². The van der Waals surface area contributed by atoms with E-state index in [0.29, 0.717) is 16.3 Å². The third-order valence-electron chi connectivity index (χ3n) is 3.82. The van der Waals surface area contributed by atoms with Crippen LogP contribution in [0, 0.1) is 11.6 Å². The van der Waals surface area contributed by atoms with Crippen LogP contribution in [0.3, 0.4) is 0 Å². The van der Waals surface area contributed by atoms with Crippen molar-refractivity contribution in [2.45, 2.75) is 10.1 Å². The average molecular weight is 385 g/mol. The van der Waals surface area contributed by atoms with E-state index in [9.17, 15) is 13.6 Å². The fraction of sp³-hybridized carbons (Fsp3) is 0.0952. The molecular formula is C21H17F2NO2S. The Morgan fingerprint density at radius 3 is 2.44 bits per heavy atom. The lowest BCUT2D eigenvalue weighted by Crippen LogP contribution is -2.19. The van der Waals surface area contributed by atoms with Crippen molar-refractivity contribution in [2.75, 3.05) is 12.4 Å². The van der Waals surface area contributed by atoms with E-state index in [1.54, 1.807) is 31.4 Å². The minimum Gasteiger partial charge on any atom is -0.497 e. The van der Waals surface area contributed by atoms with Gasteiger partial charge in [0.1, 0.15) is 11.0 Å². The van der Waals surface area contributed by atoms with Crippen molar-refractivity contribution in [3.8, 4) is 5.75 Å². The van der Waals surface area contributed by atoms with Gasteiger partial charge in [-0.15, -0.1) is 11.8 Å². The first-order chi connectivity index (χ1) is 13.1. The summed E-state index contributed by atoms with van der Waals surface area (Å²) in [5.41, 5.74) is 1.35. The van der Waals surface area contributed by atoms with Crippen molar-refractivity contribution >= 4 is 23.4 Å². The van der Waals surface area contributed by atoms with E-state index in [2.05, 4.69) is 5.32 Å². The lowest BCUT2D eigenvalue weighted by molar-refractivity contribution is -0.115. The van der Waals surface area contributed by atoms with Gasteiger partial charge in [0, 0.05) is 16.6 Å². The number of carbonyl (C=O) groups is 1. The molecule has 138 valence electrons. The highest BCUT2D eigenvalue weighted by atomic mass is 32.2. The Morgan fingerprint density at radius 1 is 0.963 bits per heavy atom. The lowest BCUT2D eigenvalue weighted by atomic mass is 10.1. The third-order valence-corrected chi connectivity index (χ3v) is 5.07. The minimum atomic E-state index is -0.944. The quantitative estimate of drug-likeness (QED) is 0.574. The van der Waals surface area contributed by atoms with Crippen LogP contribution < -0.4 is 10.1 Å². The highest BCUT2D eigenvalue weighted by molar-refractivity contribution is 8.00. The van der Waals surface area contributed by atoms with Gasteiger partial charge in [0.05, 0.1) is 7.11 Å². The zero-order valence-corrected chi connectivity index (χ0v) is 15.3. The second-order valence-corrected chi connectivity index (χ2v) is 6.88. The van der Waals surface area contributed by atoms with Crippen LogP contribution in [-0.2, 0) is 4.79 Å². The maximum atomic E-state index is 13.6. The smallest absolute Gasteiger partial charge is 0.242 e. The van der Waals surface area contributed by atoms with Gasteiger partial charge >= 0.3 is 0 Å². The molecule has 1 amide bonds. The summed E-state index contributed by atoms with van der Waals surface area (Å²) in [4.78, 5) is 13.4. The number of hydrogen-bond acceptors (Lipinski definition) is 3. The molecule has 0 fully saturated rings. The van der Waals surface area contributed by atoms with Gasteiger partial charge in [-0.1, -0.05) is 36.4 Å². The summed E-state index contributed by atoms with van der Waals surface area (Å²) >= 11 is 1.15. The zero-order valence-electron chi connectivity index (χ0n) is 14.5. The molecule has 6 heteroatoms. The summed E-state index contributed by atoms with van der Waals surface area (Å²) in [5, 5.41) is 2.22. The highest BCUT2D eigenvalue weighted by Gasteiger charge is 2.23. The number of benzene rings is 3. The molecule has 0 radical (unpaired) electrons. The number of nitrogens with one attached hydrogen (secondary N) is 1. The Labute approximate surface area is 160 Å². The van der Waals surface area contributed by atoms with E-state index in [0.717, 1.165) is 29.5 Å². The lowest BCUT2D eigenvalue weighted by Gasteiger charge is -2.17. The van der Waals surface area contributed by atoms with Crippen molar-refractivity contribution in [1.29, 1.82) is 0 Å². The zero-order chi connectivity index (χ0) is 19.2. The molecule has 0 aliphatic rings. The molecule has 0 bridgehead atoms. The molecule has 0 unspecified atom stereocenters. The van der Waals surface area contributed by atoms with Crippen molar-refractivity contribution in [1.82, 2.24) is 0 Å². The molecule has 3 nitrogen and oxygen atoms in total. The number of rotatable bonds is 6. The van der Waals surface area contributed by atoms with Crippen molar-refractivity contribution in [3.05, 3.63) is 90.0 Å². The van der Waals surface area contributed by atoms with E-state index >= 15 is 0 Å². The molecule has 0 heterocycles. The maximum absolute atomic E-state index is 13.6. The molecule has 0 saturated carbocycles. The molecule has 0 aromatic heterocycles. The first-order valence-electron chi connectivity index (χ1n) is 8.18. The molecule has 0 spiro atoms. The van der Waals surface area contributed by atoms with E-state index in [-0.39, 0.29) is 5.91 Å². The second-order valence-electron chi connectivity index (χ2n) is 5.71. The Balaban J connectivity index is 1.87. The fourth-order valence-electron chi connectivity index (χ4n) is 2.50. The first kappa shape index (κ1) is 18.9. The number of thioether (sulfide) groups is 1. The van der Waals surface area contributed by atoms with Crippen LogP contribution in [0.15, 0.2) is 77.7 Å². The summed E-state index contributed by atoms with van der Waals surface area (Å²) < 4.78 is 31.9. The van der Waals surface area contributed by atoms with Crippen molar-refractivity contribution in [2.24, 2.45) is 0 Å². The topological polar surface area (TPSA) is 38.3 Å². The van der Waals surface area contributed by atoms with Gasteiger partial charge in [0.25, 0.3) is 0 Å². The number of amides is 1. The number of halogens is 2. The van der Waals surface area contributed by atoms with Crippen LogP contribution in [0.2, 0.25) is 0 Å². The largest absolute Gasteiger partial charge is 0.497 e. The highest BCUT2D eigenvalue weighted by Crippen LogP contribution is 2.37. The second kappa shape index (κ2) is 8.68. The van der Waals surface area contributed by atoms with Crippen LogP contribution in [0.25, 0.3) is 0 Å². The van der Waals surface area contributed by atoms with Gasteiger partial charge in [-0.25, -0.2) is 8.78 Å². The molecule has 0 aliphatic heterocycles. The predicted molar refractivity (Wildman–Crippen MR) is 103 cm³/mol. The first-order valence-corrected chi connectivity index (χ1v) is 9.06. The predicted octanol–water partition coefficient (Wildman–Crippen LogP) is 5.45. The number of hydrogen-bond donors (Lipinski definition) is 1. The van der Waals surface area contributed by atoms with Gasteiger partial charge < -0.3 is 10.1 Å². The fourth-order valence-corrected chi connectivity index (χ4v) is 3.55. The normalized spacial score (nSPS) is 11.7. The van der Waals surface area contributed by atoms with E-state index < -0.39 is 16.9 Å². The van der Waals surface area contributed by atoms with Crippen molar-refractivity contribution in [3.63, 3.8) is 0 Å². The molecule has 3 aromatic carbocycles. The third kappa shape index (κ3) is 4.86. The Morgan fingerprint density at radius 2 is 1.74 bits per heavy atom. The Bertz CT molecular complexity index is 934. The van der Waals surface area contributed by atoms with Gasteiger partial charge in [-0.05, 0) is 35.9 Å². The Kier molecular flexibility index (Phi) is 6.08. The van der Waals surface area contributed by atoms with Gasteiger partial charge in [0.15, 0.2) is 11.6 Å². The van der Waals surface area contributed by atoms with Crippen LogP contribution in [0.1, 0.15) is 10.8 Å². The molecule has 0 saturated heterocycles. The molecule has 3 rings (SSSR count). The summed E-state index contributed by atoms with van der Waals surface area (Å²) in [6.07, 6.45) is 0. The summed E-state index contributed by atoms with van der Waals surface area (Å²) in [7, 11) is 1.55. The van der Waals surface area contributed by atoms with Crippen LogP contribution >= 0.6 is 11.8 Å². The standard InChI is InChI=1S/C21H17F2NO2S/c1-26-16-9-5-8-15(12-16)24-21(25)20(14-6-3-2-4-7-14)27-17-10-11-18(22)19(23)13-17/h2-13,20H,1H3,(H,24,25)/t20-/m1/s1. The molecule has 0 aliphatic carbocycles. The SMILES string of the molecule is COc1cccc(NC(=O)[C@H](Sc2ccc(F)c(F)c2)c2ccccc2)c1. The summed E-state index contributed by atoms with van der Waals surface area (Å²) in [6.45, 7) is 0. The molecular weight excluding hydrogens is 368 g/mol. The summed E-state index contributed by atoms with van der Waals surface area (Å²) in [6, 6.07) is 19.8. The van der Waals surface area contributed by atoms with Crippen molar-refractivity contribution < 1.29 is 18.3 Å². The number of ether oxygens (including phenoxy) is 1.